The zero-order valence-electron chi connectivity index (χ0n) is 11.3. The molecule has 0 bridgehead atoms. The predicted octanol–water partition coefficient (Wildman–Crippen LogP) is 1.57. The molecule has 19 heavy (non-hydrogen) atoms. The number of amides is 1. The summed E-state index contributed by atoms with van der Waals surface area (Å²) >= 11 is 0. The van der Waals surface area contributed by atoms with Gasteiger partial charge >= 0.3 is 0 Å². The summed E-state index contributed by atoms with van der Waals surface area (Å²) in [7, 11) is 0. The summed E-state index contributed by atoms with van der Waals surface area (Å²) in [4.78, 5) is 11.9. The summed E-state index contributed by atoms with van der Waals surface area (Å²) in [6.45, 7) is 2.17. The second-order valence-corrected chi connectivity index (χ2v) is 5.12. The minimum absolute atomic E-state index is 0.105. The molecule has 1 aliphatic rings. The fourth-order valence-corrected chi connectivity index (χ4v) is 2.39. The van der Waals surface area contributed by atoms with Gasteiger partial charge < -0.3 is 20.2 Å². The Morgan fingerprint density at radius 3 is 3.16 bits per heavy atom. The average molecular weight is 266 g/mol. The lowest BCUT2D eigenvalue weighted by Gasteiger charge is -2.28. The van der Waals surface area contributed by atoms with Crippen LogP contribution in [0.15, 0.2) is 22.8 Å². The number of nitrogens with one attached hydrogen (secondary N) is 1. The zero-order chi connectivity index (χ0) is 13.7. The lowest BCUT2D eigenvalue weighted by Crippen LogP contribution is -2.39. The van der Waals surface area contributed by atoms with Crippen LogP contribution in [0.2, 0.25) is 0 Å². The first-order valence-corrected chi connectivity index (χ1v) is 6.86. The first-order valence-electron chi connectivity index (χ1n) is 6.86. The molecule has 0 spiro atoms. The van der Waals surface area contributed by atoms with E-state index in [-0.39, 0.29) is 18.1 Å². The average Bonchev–Trinajstić information content (AvgIpc) is 2.89. The Morgan fingerprint density at radius 2 is 2.47 bits per heavy atom. The number of furan rings is 1. The summed E-state index contributed by atoms with van der Waals surface area (Å²) in [5, 5.41) is 2.80. The molecule has 0 aromatic carbocycles. The predicted molar refractivity (Wildman–Crippen MR) is 71.3 cm³/mol. The van der Waals surface area contributed by atoms with Crippen molar-refractivity contribution in [1.29, 1.82) is 0 Å². The number of ether oxygens (including phenoxy) is 1. The van der Waals surface area contributed by atoms with Crippen LogP contribution in [0.3, 0.4) is 0 Å². The van der Waals surface area contributed by atoms with Crippen LogP contribution in [-0.4, -0.2) is 24.2 Å². The number of hydrogen-bond acceptors (Lipinski definition) is 4. The minimum atomic E-state index is -0.453. The van der Waals surface area contributed by atoms with Gasteiger partial charge in [0.25, 0.3) is 0 Å². The Balaban J connectivity index is 1.72. The summed E-state index contributed by atoms with van der Waals surface area (Å²) in [6.07, 6.45) is 5.20. The minimum Gasteiger partial charge on any atom is -0.467 e. The van der Waals surface area contributed by atoms with Gasteiger partial charge in [-0.3, -0.25) is 4.79 Å². The maximum Gasteiger partial charge on any atom is 0.249 e. The third-order valence-electron chi connectivity index (χ3n) is 3.45. The Labute approximate surface area is 113 Å². The van der Waals surface area contributed by atoms with E-state index in [0.29, 0.717) is 6.54 Å². The molecule has 2 rings (SSSR count). The monoisotopic (exact) mass is 266 g/mol. The fourth-order valence-electron chi connectivity index (χ4n) is 2.39. The van der Waals surface area contributed by atoms with Gasteiger partial charge in [-0.05, 0) is 44.7 Å². The van der Waals surface area contributed by atoms with E-state index < -0.39 is 6.10 Å². The van der Waals surface area contributed by atoms with Crippen molar-refractivity contribution in [3.05, 3.63) is 24.2 Å². The highest BCUT2D eigenvalue weighted by Crippen LogP contribution is 2.21. The molecule has 1 aromatic heterocycles. The maximum atomic E-state index is 11.9. The Kier molecular flexibility index (Phi) is 4.99. The van der Waals surface area contributed by atoms with Gasteiger partial charge in [-0.15, -0.1) is 0 Å². The van der Waals surface area contributed by atoms with Crippen LogP contribution in [0.1, 0.15) is 38.4 Å². The van der Waals surface area contributed by atoms with Gasteiger partial charge in [0.05, 0.1) is 18.9 Å². The Bertz CT molecular complexity index is 391. The smallest absolute Gasteiger partial charge is 0.249 e. The van der Waals surface area contributed by atoms with Crippen molar-refractivity contribution in [2.45, 2.75) is 57.4 Å². The van der Waals surface area contributed by atoms with Crippen LogP contribution in [0.5, 0.6) is 0 Å². The van der Waals surface area contributed by atoms with E-state index in [9.17, 15) is 4.79 Å². The summed E-state index contributed by atoms with van der Waals surface area (Å²) in [5.41, 5.74) is 5.91. The zero-order valence-corrected chi connectivity index (χ0v) is 11.3. The molecule has 3 atom stereocenters. The molecule has 5 nitrogen and oxygen atoms in total. The normalized spacial score (nSPS) is 24.9. The largest absolute Gasteiger partial charge is 0.467 e. The fraction of sp³-hybridized carbons (Fsp3) is 0.643. The standard InChI is InChI=1S/C14H22N2O3/c1-10(19-12-5-2-4-11(15)8-12)14(17)16-9-13-6-3-7-18-13/h3,6-7,10-12H,2,4-5,8-9,15H2,1H3,(H,16,17). The molecule has 1 fully saturated rings. The third kappa shape index (κ3) is 4.36. The van der Waals surface area contributed by atoms with E-state index in [1.165, 1.54) is 0 Å². The molecule has 1 aliphatic carbocycles. The molecule has 1 aromatic rings. The number of hydrogen-bond donors (Lipinski definition) is 2. The second-order valence-electron chi connectivity index (χ2n) is 5.12. The first-order chi connectivity index (χ1) is 9.15. The topological polar surface area (TPSA) is 77.5 Å². The SMILES string of the molecule is CC(OC1CCCC(N)C1)C(=O)NCc1ccco1. The van der Waals surface area contributed by atoms with Gasteiger partial charge in [0.1, 0.15) is 11.9 Å². The third-order valence-corrected chi connectivity index (χ3v) is 3.45. The summed E-state index contributed by atoms with van der Waals surface area (Å²) in [5.74, 6) is 0.621. The maximum absolute atomic E-state index is 11.9. The highest BCUT2D eigenvalue weighted by atomic mass is 16.5. The number of carbonyl (C=O) groups is 1. The molecule has 1 heterocycles. The van der Waals surface area contributed by atoms with Crippen LogP contribution in [0, 0.1) is 0 Å². The van der Waals surface area contributed by atoms with E-state index in [1.54, 1.807) is 19.3 Å². The van der Waals surface area contributed by atoms with E-state index >= 15 is 0 Å². The van der Waals surface area contributed by atoms with Crippen molar-refractivity contribution in [2.24, 2.45) is 5.73 Å². The molecule has 3 unspecified atom stereocenters. The molecule has 5 heteroatoms. The van der Waals surface area contributed by atoms with Gasteiger partial charge in [0, 0.05) is 6.04 Å². The van der Waals surface area contributed by atoms with Crippen LogP contribution < -0.4 is 11.1 Å². The Morgan fingerprint density at radius 1 is 1.63 bits per heavy atom. The van der Waals surface area contributed by atoms with Crippen molar-refractivity contribution in [3.8, 4) is 0 Å². The van der Waals surface area contributed by atoms with E-state index in [2.05, 4.69) is 5.32 Å². The van der Waals surface area contributed by atoms with Gasteiger partial charge in [-0.1, -0.05) is 0 Å². The molecule has 1 saturated carbocycles. The van der Waals surface area contributed by atoms with Crippen LogP contribution >= 0.6 is 0 Å². The first kappa shape index (κ1) is 14.1. The van der Waals surface area contributed by atoms with Crippen molar-refractivity contribution in [3.63, 3.8) is 0 Å². The quantitative estimate of drug-likeness (QED) is 0.848. The molecule has 1 amide bonds. The highest BCUT2D eigenvalue weighted by molar-refractivity contribution is 5.80. The lowest BCUT2D eigenvalue weighted by molar-refractivity contribution is -0.137. The van der Waals surface area contributed by atoms with Crippen molar-refractivity contribution in [2.75, 3.05) is 0 Å². The van der Waals surface area contributed by atoms with Gasteiger partial charge in [-0.2, -0.15) is 0 Å². The molecule has 0 saturated heterocycles. The van der Waals surface area contributed by atoms with Crippen LogP contribution in [-0.2, 0) is 16.1 Å². The van der Waals surface area contributed by atoms with Crippen LogP contribution in [0.25, 0.3) is 0 Å². The number of rotatable bonds is 5. The van der Waals surface area contributed by atoms with E-state index in [1.807, 2.05) is 6.07 Å². The Hall–Kier alpha value is -1.33. The molecular formula is C14H22N2O3. The summed E-state index contributed by atoms with van der Waals surface area (Å²) in [6, 6.07) is 3.83. The summed E-state index contributed by atoms with van der Waals surface area (Å²) < 4.78 is 10.9. The van der Waals surface area contributed by atoms with Gasteiger partial charge in [0.2, 0.25) is 5.91 Å². The second kappa shape index (κ2) is 6.73. The van der Waals surface area contributed by atoms with E-state index in [4.69, 9.17) is 14.9 Å². The molecular weight excluding hydrogens is 244 g/mol. The lowest BCUT2D eigenvalue weighted by atomic mass is 9.93. The molecule has 106 valence electrons. The molecule has 3 N–H and O–H groups in total. The van der Waals surface area contributed by atoms with Crippen LogP contribution in [0.4, 0.5) is 0 Å². The highest BCUT2D eigenvalue weighted by Gasteiger charge is 2.24. The van der Waals surface area contributed by atoms with Gasteiger partial charge in [0.15, 0.2) is 0 Å². The molecule has 0 aliphatic heterocycles. The van der Waals surface area contributed by atoms with Crippen molar-refractivity contribution < 1.29 is 13.9 Å². The molecule has 0 radical (unpaired) electrons. The number of nitrogens with two attached hydrogens (primary N) is 1. The van der Waals surface area contributed by atoms with Gasteiger partial charge in [-0.25, -0.2) is 0 Å². The van der Waals surface area contributed by atoms with Crippen molar-refractivity contribution >= 4 is 5.91 Å². The van der Waals surface area contributed by atoms with E-state index in [0.717, 1.165) is 31.4 Å². The number of carbonyl (C=O) groups excluding carboxylic acids is 1. The van der Waals surface area contributed by atoms with Crippen molar-refractivity contribution in [1.82, 2.24) is 5.32 Å².